The summed E-state index contributed by atoms with van der Waals surface area (Å²) in [4.78, 5) is 27.5. The maximum Gasteiger partial charge on any atom is 0.311 e. The van der Waals surface area contributed by atoms with Gasteiger partial charge in [0.15, 0.2) is 0 Å². The van der Waals surface area contributed by atoms with Crippen LogP contribution < -0.4 is 0 Å². The third-order valence-electron chi connectivity index (χ3n) is 4.05. The van der Waals surface area contributed by atoms with Gasteiger partial charge in [0, 0.05) is 18.0 Å². The zero-order valence-electron chi connectivity index (χ0n) is 12.2. The number of hydrogen-bond acceptors (Lipinski definition) is 3. The van der Waals surface area contributed by atoms with Crippen LogP contribution in [0.3, 0.4) is 0 Å². The van der Waals surface area contributed by atoms with Gasteiger partial charge in [-0.05, 0) is 44.7 Å². The van der Waals surface area contributed by atoms with Gasteiger partial charge in [-0.1, -0.05) is 6.92 Å². The summed E-state index contributed by atoms with van der Waals surface area (Å²) >= 11 is 1.53. The summed E-state index contributed by atoms with van der Waals surface area (Å²) in [6.07, 6.45) is 2.31. The Balaban J connectivity index is 2.18. The van der Waals surface area contributed by atoms with Crippen LogP contribution >= 0.6 is 11.3 Å². The topological polar surface area (TPSA) is 57.6 Å². The van der Waals surface area contributed by atoms with Crippen molar-refractivity contribution in [2.24, 2.45) is 5.41 Å². The lowest BCUT2D eigenvalue weighted by Gasteiger charge is -2.37. The van der Waals surface area contributed by atoms with Crippen molar-refractivity contribution in [3.05, 3.63) is 21.4 Å². The number of carboxylic acid groups (broad SMARTS) is 1. The largest absolute Gasteiger partial charge is 0.481 e. The quantitative estimate of drug-likeness (QED) is 0.932. The Hall–Kier alpha value is -1.36. The molecule has 1 aliphatic heterocycles. The highest BCUT2D eigenvalue weighted by atomic mass is 32.1. The van der Waals surface area contributed by atoms with E-state index < -0.39 is 11.4 Å². The molecule has 4 nitrogen and oxygen atoms in total. The summed E-state index contributed by atoms with van der Waals surface area (Å²) in [5.41, 5.74) is 0.340. The monoisotopic (exact) mass is 295 g/mol. The normalized spacial score (nSPS) is 22.9. The van der Waals surface area contributed by atoms with E-state index in [2.05, 4.69) is 6.92 Å². The van der Waals surface area contributed by atoms with Gasteiger partial charge >= 0.3 is 5.97 Å². The van der Waals surface area contributed by atoms with E-state index in [-0.39, 0.29) is 5.91 Å². The van der Waals surface area contributed by atoms with Crippen molar-refractivity contribution in [3.63, 3.8) is 0 Å². The minimum Gasteiger partial charge on any atom is -0.481 e. The summed E-state index contributed by atoms with van der Waals surface area (Å²) in [5.74, 6) is -0.836. The highest BCUT2D eigenvalue weighted by molar-refractivity contribution is 7.14. The zero-order chi connectivity index (χ0) is 14.9. The van der Waals surface area contributed by atoms with Crippen molar-refractivity contribution in [1.29, 1.82) is 0 Å². The number of amides is 1. The first-order chi connectivity index (χ1) is 9.37. The van der Waals surface area contributed by atoms with Crippen molar-refractivity contribution in [1.82, 2.24) is 4.90 Å². The van der Waals surface area contributed by atoms with E-state index in [9.17, 15) is 14.7 Å². The molecule has 1 saturated heterocycles. The lowest BCUT2D eigenvalue weighted by Crippen LogP contribution is -2.48. The number of piperidine rings is 1. The molecule has 1 aliphatic rings. The number of nitrogens with zero attached hydrogens (tertiary/aromatic N) is 1. The first-order valence-corrected chi connectivity index (χ1v) is 7.81. The van der Waals surface area contributed by atoms with Crippen LogP contribution in [0.5, 0.6) is 0 Å². The minimum absolute atomic E-state index is 0.0232. The molecule has 2 rings (SSSR count). The molecule has 20 heavy (non-hydrogen) atoms. The molecule has 0 bridgehead atoms. The molecule has 1 fully saturated rings. The lowest BCUT2D eigenvalue weighted by atomic mass is 9.82. The Morgan fingerprint density at radius 2 is 2.20 bits per heavy atom. The molecule has 0 aliphatic carbocycles. The highest BCUT2D eigenvalue weighted by Crippen LogP contribution is 2.32. The van der Waals surface area contributed by atoms with Crippen LogP contribution in [0.4, 0.5) is 0 Å². The van der Waals surface area contributed by atoms with Gasteiger partial charge in [0.2, 0.25) is 0 Å². The number of aliphatic carboxylic acids is 1. The second-order valence-corrected chi connectivity index (χ2v) is 6.90. The number of likely N-dealkylation sites (tertiary alicyclic amines) is 1. The fraction of sp³-hybridized carbons (Fsp3) is 0.600. The molecule has 110 valence electrons. The van der Waals surface area contributed by atoms with Crippen LogP contribution in [-0.2, 0) is 11.2 Å². The summed E-state index contributed by atoms with van der Waals surface area (Å²) in [6, 6.07) is 1.93. The molecule has 5 heteroatoms. The lowest BCUT2D eigenvalue weighted by molar-refractivity contribution is -0.150. The number of rotatable bonds is 3. The summed E-state index contributed by atoms with van der Waals surface area (Å²) in [5, 5.41) is 9.32. The Kier molecular flexibility index (Phi) is 4.18. The molecular weight excluding hydrogens is 274 g/mol. The number of carbonyl (C=O) groups is 2. The maximum atomic E-state index is 12.5. The predicted octanol–water partition coefficient (Wildman–Crippen LogP) is 2.95. The smallest absolute Gasteiger partial charge is 0.311 e. The molecule has 1 unspecified atom stereocenters. The SMILES string of the molecule is CCc1sc(C(=O)N2CCCC(C)(C(=O)O)C2)cc1C. The van der Waals surface area contributed by atoms with Crippen molar-refractivity contribution in [3.8, 4) is 0 Å². The Labute approximate surface area is 123 Å². The maximum absolute atomic E-state index is 12.5. The fourth-order valence-electron chi connectivity index (χ4n) is 2.72. The van der Waals surface area contributed by atoms with Crippen molar-refractivity contribution in [2.45, 2.75) is 40.0 Å². The first-order valence-electron chi connectivity index (χ1n) is 6.99. The summed E-state index contributed by atoms with van der Waals surface area (Å²) in [7, 11) is 0. The molecule has 0 radical (unpaired) electrons. The number of carboxylic acids is 1. The van der Waals surface area contributed by atoms with Crippen molar-refractivity contribution in [2.75, 3.05) is 13.1 Å². The molecule has 0 aromatic carbocycles. The standard InChI is InChI=1S/C15H21NO3S/c1-4-11-10(2)8-12(20-11)13(17)16-7-5-6-15(3,9-16)14(18)19/h8H,4-7,9H2,1-3H3,(H,18,19). The summed E-state index contributed by atoms with van der Waals surface area (Å²) < 4.78 is 0. The van der Waals surface area contributed by atoms with Gasteiger partial charge in [-0.15, -0.1) is 11.3 Å². The second kappa shape index (κ2) is 5.56. The van der Waals surface area contributed by atoms with E-state index in [1.54, 1.807) is 11.8 Å². The fourth-order valence-corrected chi connectivity index (χ4v) is 3.80. The van der Waals surface area contributed by atoms with Gasteiger partial charge in [0.05, 0.1) is 10.3 Å². The Bertz CT molecular complexity index is 537. The van der Waals surface area contributed by atoms with E-state index in [1.165, 1.54) is 16.2 Å². The zero-order valence-corrected chi connectivity index (χ0v) is 13.0. The third-order valence-corrected chi connectivity index (χ3v) is 5.42. The molecule has 1 aromatic heterocycles. The van der Waals surface area contributed by atoms with Crippen LogP contribution in [0.15, 0.2) is 6.07 Å². The minimum atomic E-state index is -0.813. The molecule has 0 spiro atoms. The summed E-state index contributed by atoms with van der Waals surface area (Å²) in [6.45, 7) is 6.78. The van der Waals surface area contributed by atoms with E-state index in [0.717, 1.165) is 23.3 Å². The predicted molar refractivity (Wildman–Crippen MR) is 79.3 cm³/mol. The van der Waals surface area contributed by atoms with Gasteiger partial charge in [0.1, 0.15) is 0 Å². The second-order valence-electron chi connectivity index (χ2n) is 5.77. The van der Waals surface area contributed by atoms with Gasteiger partial charge < -0.3 is 10.0 Å². The van der Waals surface area contributed by atoms with E-state index in [1.807, 2.05) is 13.0 Å². The third kappa shape index (κ3) is 2.73. The van der Waals surface area contributed by atoms with Gasteiger partial charge in [-0.2, -0.15) is 0 Å². The van der Waals surface area contributed by atoms with Crippen LogP contribution in [0, 0.1) is 12.3 Å². The molecular formula is C15H21NO3S. The molecule has 1 aromatic rings. The molecule has 1 N–H and O–H groups in total. The molecule has 2 heterocycles. The van der Waals surface area contributed by atoms with Gasteiger partial charge in [-0.3, -0.25) is 9.59 Å². The average Bonchev–Trinajstić information content (AvgIpc) is 2.79. The number of aryl methyl sites for hydroxylation is 2. The van der Waals surface area contributed by atoms with Crippen LogP contribution in [0.1, 0.15) is 46.8 Å². The average molecular weight is 295 g/mol. The van der Waals surface area contributed by atoms with E-state index in [4.69, 9.17) is 0 Å². The molecule has 0 saturated carbocycles. The Morgan fingerprint density at radius 1 is 1.50 bits per heavy atom. The van der Waals surface area contributed by atoms with Crippen LogP contribution in [0.25, 0.3) is 0 Å². The first kappa shape index (κ1) is 15.0. The number of thiophene rings is 1. The van der Waals surface area contributed by atoms with E-state index in [0.29, 0.717) is 19.5 Å². The van der Waals surface area contributed by atoms with Crippen LogP contribution in [-0.4, -0.2) is 35.0 Å². The number of carbonyl (C=O) groups excluding carboxylic acids is 1. The van der Waals surface area contributed by atoms with Crippen molar-refractivity contribution >= 4 is 23.2 Å². The molecule has 1 amide bonds. The van der Waals surface area contributed by atoms with Crippen LogP contribution in [0.2, 0.25) is 0 Å². The van der Waals surface area contributed by atoms with Gasteiger partial charge in [0.25, 0.3) is 5.91 Å². The highest BCUT2D eigenvalue weighted by Gasteiger charge is 2.39. The van der Waals surface area contributed by atoms with E-state index >= 15 is 0 Å². The van der Waals surface area contributed by atoms with Crippen molar-refractivity contribution < 1.29 is 14.7 Å². The Morgan fingerprint density at radius 3 is 2.75 bits per heavy atom. The van der Waals surface area contributed by atoms with Gasteiger partial charge in [-0.25, -0.2) is 0 Å². The molecule has 1 atom stereocenters. The number of hydrogen-bond donors (Lipinski definition) is 1.